The molecule has 0 aromatic heterocycles. The second kappa shape index (κ2) is 4.43. The molecule has 0 aromatic carbocycles. The van der Waals surface area contributed by atoms with E-state index in [9.17, 15) is 9.59 Å². The lowest BCUT2D eigenvalue weighted by atomic mass is 10.4. The summed E-state index contributed by atoms with van der Waals surface area (Å²) in [4.78, 5) is 23.4. The average Bonchev–Trinajstić information content (AvgIpc) is 2.33. The Bertz CT molecular complexity index is 327. The summed E-state index contributed by atoms with van der Waals surface area (Å²) >= 11 is 5.95. The van der Waals surface area contributed by atoms with Gasteiger partial charge in [0, 0.05) is 13.2 Å². The van der Waals surface area contributed by atoms with E-state index >= 15 is 0 Å². The summed E-state index contributed by atoms with van der Waals surface area (Å²) in [6.45, 7) is -0.383. The topological polar surface area (TPSA) is 69.6 Å². The van der Waals surface area contributed by atoms with Crippen LogP contribution in [0.2, 0.25) is 0 Å². The van der Waals surface area contributed by atoms with E-state index in [1.54, 1.807) is 7.05 Å². The van der Waals surface area contributed by atoms with E-state index in [2.05, 4.69) is 5.32 Å². The van der Waals surface area contributed by atoms with Gasteiger partial charge in [-0.15, -0.1) is 0 Å². The predicted molar refractivity (Wildman–Crippen MR) is 56.7 cm³/mol. The predicted octanol–water partition coefficient (Wildman–Crippen LogP) is -0.00790. The van der Waals surface area contributed by atoms with Crippen molar-refractivity contribution in [2.75, 3.05) is 13.6 Å². The van der Waals surface area contributed by atoms with Crippen LogP contribution >= 0.6 is 24.0 Å². The van der Waals surface area contributed by atoms with Gasteiger partial charge in [-0.05, 0) is 0 Å². The van der Waals surface area contributed by atoms with Crippen LogP contribution in [0, 0.1) is 0 Å². The van der Waals surface area contributed by atoms with Crippen molar-refractivity contribution < 1.29 is 14.7 Å². The van der Waals surface area contributed by atoms with Gasteiger partial charge in [0.05, 0.1) is 4.91 Å². The molecular weight excluding hydrogens is 224 g/mol. The maximum atomic E-state index is 11.5. The number of amides is 1. The van der Waals surface area contributed by atoms with E-state index in [0.29, 0.717) is 4.91 Å². The standard InChI is InChI=1S/C7H8N2O3S2/c1-8-2-4-6(12)9(3-5(10)11)7(13)14-4/h2,8H,3H2,1H3,(H,10,11). The number of hydrogen-bond acceptors (Lipinski definition) is 5. The number of aliphatic carboxylic acids is 1. The highest BCUT2D eigenvalue weighted by Crippen LogP contribution is 2.29. The SMILES string of the molecule is CNC=C1SC(=S)N(CC(=O)O)C1=O. The molecule has 1 heterocycles. The lowest BCUT2D eigenvalue weighted by Gasteiger charge is -2.09. The fraction of sp³-hybridized carbons (Fsp3) is 0.286. The van der Waals surface area contributed by atoms with Crippen LogP contribution < -0.4 is 5.32 Å². The summed E-state index contributed by atoms with van der Waals surface area (Å²) in [5, 5.41) is 11.2. The molecule has 1 aliphatic rings. The van der Waals surface area contributed by atoms with Crippen LogP contribution in [0.25, 0.3) is 0 Å². The molecule has 1 fully saturated rings. The fourth-order valence-corrected chi connectivity index (χ4v) is 2.14. The van der Waals surface area contributed by atoms with Crippen LogP contribution in [0.3, 0.4) is 0 Å². The zero-order valence-electron chi connectivity index (χ0n) is 7.31. The molecule has 14 heavy (non-hydrogen) atoms. The molecule has 5 nitrogen and oxygen atoms in total. The van der Waals surface area contributed by atoms with Crippen LogP contribution in [0.1, 0.15) is 0 Å². The van der Waals surface area contributed by atoms with Crippen molar-refractivity contribution in [1.82, 2.24) is 10.2 Å². The Kier molecular flexibility index (Phi) is 3.48. The second-order valence-electron chi connectivity index (χ2n) is 2.45. The Morgan fingerprint density at radius 3 is 2.93 bits per heavy atom. The Labute approximate surface area is 90.1 Å². The number of hydrogen-bond donors (Lipinski definition) is 2. The largest absolute Gasteiger partial charge is 0.480 e. The first-order chi connectivity index (χ1) is 6.56. The molecule has 1 saturated heterocycles. The molecule has 2 N–H and O–H groups in total. The number of carboxylic acids is 1. The van der Waals surface area contributed by atoms with E-state index in [4.69, 9.17) is 17.3 Å². The third-order valence-electron chi connectivity index (χ3n) is 1.44. The molecule has 0 atom stereocenters. The monoisotopic (exact) mass is 232 g/mol. The van der Waals surface area contributed by atoms with Crippen LogP contribution in [0.4, 0.5) is 0 Å². The van der Waals surface area contributed by atoms with Crippen LogP contribution in [0.5, 0.6) is 0 Å². The number of carbonyl (C=O) groups is 2. The Balaban J connectivity index is 2.80. The molecule has 1 aliphatic heterocycles. The molecule has 0 radical (unpaired) electrons. The normalized spacial score (nSPS) is 19.2. The van der Waals surface area contributed by atoms with Crippen molar-refractivity contribution in [2.45, 2.75) is 0 Å². The highest BCUT2D eigenvalue weighted by molar-refractivity contribution is 8.26. The highest BCUT2D eigenvalue weighted by Gasteiger charge is 2.33. The summed E-state index contributed by atoms with van der Waals surface area (Å²) in [6, 6.07) is 0. The molecule has 0 saturated carbocycles. The number of nitrogens with zero attached hydrogens (tertiary/aromatic N) is 1. The van der Waals surface area contributed by atoms with Crippen molar-refractivity contribution in [3.05, 3.63) is 11.1 Å². The van der Waals surface area contributed by atoms with Crippen molar-refractivity contribution in [3.63, 3.8) is 0 Å². The molecule has 7 heteroatoms. The van der Waals surface area contributed by atoms with Crippen LogP contribution in [-0.2, 0) is 9.59 Å². The van der Waals surface area contributed by atoms with Crippen molar-refractivity contribution in [2.24, 2.45) is 0 Å². The Hall–Kier alpha value is -1.08. The molecule has 0 spiro atoms. The van der Waals surface area contributed by atoms with Gasteiger partial charge in [-0.2, -0.15) is 0 Å². The summed E-state index contributed by atoms with van der Waals surface area (Å²) in [6.07, 6.45) is 1.50. The lowest BCUT2D eigenvalue weighted by molar-refractivity contribution is -0.140. The number of rotatable bonds is 3. The van der Waals surface area contributed by atoms with Gasteiger partial charge in [-0.25, -0.2) is 0 Å². The van der Waals surface area contributed by atoms with Crippen LogP contribution in [-0.4, -0.2) is 39.8 Å². The first kappa shape index (κ1) is 11.0. The smallest absolute Gasteiger partial charge is 0.323 e. The zero-order chi connectivity index (χ0) is 10.7. The van der Waals surface area contributed by atoms with Gasteiger partial charge in [-0.3, -0.25) is 14.5 Å². The minimum absolute atomic E-state index is 0.277. The third-order valence-corrected chi connectivity index (χ3v) is 2.82. The minimum Gasteiger partial charge on any atom is -0.480 e. The number of thioether (sulfide) groups is 1. The fourth-order valence-electron chi connectivity index (χ4n) is 0.903. The van der Waals surface area contributed by atoms with E-state index in [-0.39, 0.29) is 16.8 Å². The highest BCUT2D eigenvalue weighted by atomic mass is 32.2. The van der Waals surface area contributed by atoms with E-state index in [1.807, 2.05) is 0 Å². The van der Waals surface area contributed by atoms with Gasteiger partial charge >= 0.3 is 5.97 Å². The quantitative estimate of drug-likeness (QED) is 0.527. The van der Waals surface area contributed by atoms with E-state index in [0.717, 1.165) is 16.7 Å². The zero-order valence-corrected chi connectivity index (χ0v) is 8.94. The Morgan fingerprint density at radius 1 is 1.79 bits per heavy atom. The molecular formula is C7H8N2O3S2. The average molecular weight is 232 g/mol. The Morgan fingerprint density at radius 2 is 2.43 bits per heavy atom. The van der Waals surface area contributed by atoms with Gasteiger partial charge in [0.1, 0.15) is 10.9 Å². The molecule has 0 bridgehead atoms. The number of carboxylic acid groups (broad SMARTS) is 1. The van der Waals surface area contributed by atoms with Gasteiger partial charge in [0.2, 0.25) is 0 Å². The first-order valence-corrected chi connectivity index (χ1v) is 4.91. The first-order valence-electron chi connectivity index (χ1n) is 3.69. The lowest BCUT2D eigenvalue weighted by Crippen LogP contribution is -2.33. The molecule has 0 unspecified atom stereocenters. The van der Waals surface area contributed by atoms with E-state index < -0.39 is 5.97 Å². The maximum absolute atomic E-state index is 11.5. The van der Waals surface area contributed by atoms with Gasteiger partial charge in [-0.1, -0.05) is 24.0 Å². The molecule has 76 valence electrons. The van der Waals surface area contributed by atoms with Gasteiger partial charge in [0.25, 0.3) is 5.91 Å². The number of nitrogens with one attached hydrogen (secondary N) is 1. The van der Waals surface area contributed by atoms with Gasteiger partial charge in [0.15, 0.2) is 0 Å². The summed E-state index contributed by atoms with van der Waals surface area (Å²) in [5.74, 6) is -1.44. The summed E-state index contributed by atoms with van der Waals surface area (Å²) in [7, 11) is 1.66. The minimum atomic E-state index is -1.08. The molecule has 0 aromatic rings. The third kappa shape index (κ3) is 2.24. The summed E-state index contributed by atoms with van der Waals surface area (Å²) in [5.41, 5.74) is 0. The molecule has 1 rings (SSSR count). The molecule has 1 amide bonds. The van der Waals surface area contributed by atoms with Gasteiger partial charge < -0.3 is 10.4 Å². The number of thiocarbonyl (C=S) groups is 1. The maximum Gasteiger partial charge on any atom is 0.323 e. The molecule has 0 aliphatic carbocycles. The van der Waals surface area contributed by atoms with E-state index in [1.165, 1.54) is 6.20 Å². The van der Waals surface area contributed by atoms with Crippen molar-refractivity contribution in [3.8, 4) is 0 Å². The van der Waals surface area contributed by atoms with Crippen LogP contribution in [0.15, 0.2) is 11.1 Å². The van der Waals surface area contributed by atoms with Crippen molar-refractivity contribution in [1.29, 1.82) is 0 Å². The summed E-state index contributed by atoms with van der Waals surface area (Å²) < 4.78 is 0.277. The van der Waals surface area contributed by atoms with Crippen molar-refractivity contribution >= 4 is 40.2 Å². The number of carbonyl (C=O) groups excluding carboxylic acids is 1. The second-order valence-corrected chi connectivity index (χ2v) is 4.13.